The van der Waals surface area contributed by atoms with Crippen molar-refractivity contribution in [1.82, 2.24) is 5.32 Å². The summed E-state index contributed by atoms with van der Waals surface area (Å²) in [4.78, 5) is 8.30. The van der Waals surface area contributed by atoms with Crippen molar-refractivity contribution in [3.63, 3.8) is 0 Å². The molecule has 5 nitrogen and oxygen atoms in total. The zero-order chi connectivity index (χ0) is 19.6. The number of nitrogens with zero attached hydrogens (tertiary/aromatic N) is 4. The predicted molar refractivity (Wildman–Crippen MR) is 120 cm³/mol. The number of fused-ring (bicyclic) bond motifs is 1. The van der Waals surface area contributed by atoms with Crippen molar-refractivity contribution >= 4 is 33.4 Å². The van der Waals surface area contributed by atoms with E-state index in [1.165, 1.54) is 10.6 Å². The van der Waals surface area contributed by atoms with Crippen LogP contribution in [-0.4, -0.2) is 32.8 Å². The highest BCUT2D eigenvalue weighted by atomic mass is 32.1. The first kappa shape index (κ1) is 18.0. The van der Waals surface area contributed by atoms with Gasteiger partial charge in [0.05, 0.1) is 12.4 Å². The van der Waals surface area contributed by atoms with Gasteiger partial charge in [-0.2, -0.15) is 5.26 Å². The van der Waals surface area contributed by atoms with Crippen LogP contribution in [-0.2, 0) is 6.54 Å². The van der Waals surface area contributed by atoms with Crippen LogP contribution in [0.1, 0.15) is 10.4 Å². The Balaban J connectivity index is 1.43. The van der Waals surface area contributed by atoms with E-state index in [0.29, 0.717) is 0 Å². The van der Waals surface area contributed by atoms with Crippen molar-refractivity contribution in [3.05, 3.63) is 71.1 Å². The lowest BCUT2D eigenvalue weighted by Crippen LogP contribution is -2.46. The van der Waals surface area contributed by atoms with Gasteiger partial charge in [0, 0.05) is 49.0 Å². The van der Waals surface area contributed by atoms with Gasteiger partial charge in [-0.15, -0.1) is 11.3 Å². The van der Waals surface area contributed by atoms with E-state index >= 15 is 0 Å². The van der Waals surface area contributed by atoms with Crippen LogP contribution in [0, 0.1) is 11.3 Å². The molecule has 0 atom stereocenters. The first-order valence-electron chi connectivity index (χ1n) is 9.99. The third-order valence-electron chi connectivity index (χ3n) is 5.63. The molecule has 0 amide bonds. The molecule has 29 heavy (non-hydrogen) atoms. The fourth-order valence-corrected chi connectivity index (χ4v) is 5.45. The maximum atomic E-state index is 10.1. The molecule has 6 heteroatoms. The molecule has 1 N–H and O–H groups in total. The van der Waals surface area contributed by atoms with Gasteiger partial charge in [-0.25, -0.2) is 0 Å². The number of benzene rings is 2. The van der Waals surface area contributed by atoms with Gasteiger partial charge in [0.2, 0.25) is 0 Å². The van der Waals surface area contributed by atoms with Crippen LogP contribution in [0.15, 0.2) is 60.7 Å². The molecule has 0 aliphatic carbocycles. The molecule has 1 saturated heterocycles. The Morgan fingerprint density at radius 3 is 2.10 bits per heavy atom. The molecule has 1 fully saturated rings. The Morgan fingerprint density at radius 1 is 0.828 bits per heavy atom. The highest BCUT2D eigenvalue weighted by Gasteiger charge is 2.30. The van der Waals surface area contributed by atoms with E-state index < -0.39 is 0 Å². The highest BCUT2D eigenvalue weighted by molar-refractivity contribution is 7.17. The van der Waals surface area contributed by atoms with Gasteiger partial charge >= 0.3 is 0 Å². The fraction of sp³-hybridized carbons (Fsp3) is 0.261. The monoisotopic (exact) mass is 401 g/mol. The number of nitrogens with one attached hydrogen (secondary N) is 1. The van der Waals surface area contributed by atoms with Crippen molar-refractivity contribution in [3.8, 4) is 6.07 Å². The van der Waals surface area contributed by atoms with Crippen LogP contribution in [0.25, 0.3) is 0 Å². The first-order chi connectivity index (χ1) is 14.3. The molecular formula is C23H23N5S. The van der Waals surface area contributed by atoms with Gasteiger partial charge in [0.15, 0.2) is 0 Å². The largest absolute Gasteiger partial charge is 0.368 e. The highest BCUT2D eigenvalue weighted by Crippen LogP contribution is 2.45. The van der Waals surface area contributed by atoms with E-state index in [1.54, 1.807) is 11.3 Å². The van der Waals surface area contributed by atoms with E-state index in [2.05, 4.69) is 68.6 Å². The molecule has 3 aromatic rings. The quantitative estimate of drug-likeness (QED) is 0.715. The molecule has 5 rings (SSSR count). The van der Waals surface area contributed by atoms with Gasteiger partial charge in [0.1, 0.15) is 16.6 Å². The molecule has 0 unspecified atom stereocenters. The number of anilines is 4. The summed E-state index contributed by atoms with van der Waals surface area (Å²) in [5.41, 5.74) is 4.31. The van der Waals surface area contributed by atoms with E-state index in [1.807, 2.05) is 18.2 Å². The molecular weight excluding hydrogens is 378 g/mol. The average molecular weight is 402 g/mol. The molecule has 3 heterocycles. The number of nitriles is 1. The van der Waals surface area contributed by atoms with Gasteiger partial charge in [-0.1, -0.05) is 36.4 Å². The summed E-state index contributed by atoms with van der Waals surface area (Å²) in [6.45, 7) is 5.35. The summed E-state index contributed by atoms with van der Waals surface area (Å²) >= 11 is 1.77. The zero-order valence-corrected chi connectivity index (χ0v) is 17.0. The van der Waals surface area contributed by atoms with E-state index in [0.717, 1.165) is 61.3 Å². The van der Waals surface area contributed by atoms with Crippen LogP contribution in [0.3, 0.4) is 0 Å². The Morgan fingerprint density at radius 2 is 1.45 bits per heavy atom. The maximum absolute atomic E-state index is 10.1. The average Bonchev–Trinajstić information content (AvgIpc) is 3.19. The van der Waals surface area contributed by atoms with E-state index in [-0.39, 0.29) is 0 Å². The van der Waals surface area contributed by atoms with Gasteiger partial charge in [-0.05, 0) is 24.3 Å². The lowest BCUT2D eigenvalue weighted by Gasteiger charge is -2.37. The molecule has 1 aromatic heterocycles. The summed E-state index contributed by atoms with van der Waals surface area (Å²) in [5.74, 6) is 0. The van der Waals surface area contributed by atoms with Gasteiger partial charge in [0.25, 0.3) is 0 Å². The normalized spacial score (nSPS) is 16.4. The summed E-state index contributed by atoms with van der Waals surface area (Å²) in [7, 11) is 0. The third-order valence-corrected chi connectivity index (χ3v) is 6.87. The molecule has 146 valence electrons. The van der Waals surface area contributed by atoms with Crippen molar-refractivity contribution < 1.29 is 0 Å². The SMILES string of the molecule is N#Cc1c(N2CCN(c3ccccc3)CC2)sc2c1N(c1ccccc1)CNC2. The van der Waals surface area contributed by atoms with Crippen LogP contribution >= 0.6 is 11.3 Å². The summed E-state index contributed by atoms with van der Waals surface area (Å²) < 4.78 is 0. The molecule has 0 saturated carbocycles. The van der Waals surface area contributed by atoms with E-state index in [4.69, 9.17) is 0 Å². The van der Waals surface area contributed by atoms with Crippen molar-refractivity contribution in [2.45, 2.75) is 6.54 Å². The standard InChI is InChI=1S/C23H23N5S/c24-15-20-22-21(16-25-17-28(22)19-9-5-2-6-10-19)29-23(20)27-13-11-26(12-14-27)18-7-3-1-4-8-18/h1-10,25H,11-14,16-17H2. The molecule has 0 radical (unpaired) electrons. The minimum Gasteiger partial charge on any atom is -0.368 e. The second kappa shape index (κ2) is 7.78. The maximum Gasteiger partial charge on any atom is 0.112 e. The smallest absolute Gasteiger partial charge is 0.112 e. The summed E-state index contributed by atoms with van der Waals surface area (Å²) in [6.07, 6.45) is 0. The van der Waals surface area contributed by atoms with Crippen molar-refractivity contribution in [2.24, 2.45) is 0 Å². The molecule has 2 aliphatic rings. The van der Waals surface area contributed by atoms with Crippen molar-refractivity contribution in [2.75, 3.05) is 47.5 Å². The number of hydrogen-bond donors (Lipinski definition) is 1. The topological polar surface area (TPSA) is 45.5 Å². The Hall–Kier alpha value is -3.01. The van der Waals surface area contributed by atoms with Crippen LogP contribution in [0.4, 0.5) is 22.1 Å². The first-order valence-corrected chi connectivity index (χ1v) is 10.8. The number of piperazine rings is 1. The lowest BCUT2D eigenvalue weighted by molar-refractivity contribution is 0.656. The number of thiophene rings is 1. The second-order valence-electron chi connectivity index (χ2n) is 7.32. The van der Waals surface area contributed by atoms with E-state index in [9.17, 15) is 5.26 Å². The van der Waals surface area contributed by atoms with Crippen LogP contribution in [0.5, 0.6) is 0 Å². The Kier molecular flexibility index (Phi) is 4.84. The minimum atomic E-state index is 0.726. The van der Waals surface area contributed by atoms with Crippen molar-refractivity contribution in [1.29, 1.82) is 5.26 Å². The molecule has 0 bridgehead atoms. The molecule has 0 spiro atoms. The number of hydrogen-bond acceptors (Lipinski definition) is 6. The Bertz CT molecular complexity index is 1020. The second-order valence-corrected chi connectivity index (χ2v) is 8.41. The van der Waals surface area contributed by atoms with Gasteiger partial charge in [-0.3, -0.25) is 5.32 Å². The van der Waals surface area contributed by atoms with Crippen LogP contribution < -0.4 is 20.0 Å². The lowest BCUT2D eigenvalue weighted by atomic mass is 10.1. The Labute approximate surface area is 175 Å². The fourth-order valence-electron chi connectivity index (χ4n) is 4.18. The molecule has 2 aromatic carbocycles. The predicted octanol–water partition coefficient (Wildman–Crippen LogP) is 4.15. The van der Waals surface area contributed by atoms with Gasteiger partial charge < -0.3 is 14.7 Å². The summed E-state index contributed by atoms with van der Waals surface area (Å²) in [5, 5.41) is 14.7. The third kappa shape index (κ3) is 3.33. The summed E-state index contributed by atoms with van der Waals surface area (Å²) in [6, 6.07) is 23.4. The molecule has 2 aliphatic heterocycles. The van der Waals surface area contributed by atoms with Crippen LogP contribution in [0.2, 0.25) is 0 Å². The number of para-hydroxylation sites is 2. The zero-order valence-electron chi connectivity index (χ0n) is 16.2. The number of rotatable bonds is 3. The minimum absolute atomic E-state index is 0.726.